The van der Waals surface area contributed by atoms with Gasteiger partial charge in [-0.25, -0.2) is 4.98 Å². The smallest absolute Gasteiger partial charge is 0.255 e. The molecule has 1 aliphatic rings. The fraction of sp³-hybridized carbons (Fsp3) is 0.474. The third-order valence-corrected chi connectivity index (χ3v) is 4.61. The van der Waals surface area contributed by atoms with Crippen molar-refractivity contribution in [3.63, 3.8) is 0 Å². The number of nitrogens with one attached hydrogen (secondary N) is 1. The Labute approximate surface area is 152 Å². The number of fused-ring (bicyclic) bond motifs is 1. The van der Waals surface area contributed by atoms with Gasteiger partial charge < -0.3 is 19.6 Å². The Morgan fingerprint density at radius 3 is 2.81 bits per heavy atom. The molecule has 7 heteroatoms. The summed E-state index contributed by atoms with van der Waals surface area (Å²) in [4.78, 5) is 22.1. The minimum atomic E-state index is -0.0432. The van der Waals surface area contributed by atoms with Gasteiger partial charge in [-0.15, -0.1) is 0 Å². The van der Waals surface area contributed by atoms with Crippen LogP contribution in [0.5, 0.6) is 17.2 Å². The summed E-state index contributed by atoms with van der Waals surface area (Å²) >= 11 is 0. The van der Waals surface area contributed by atoms with Crippen LogP contribution in [0, 0.1) is 0 Å². The molecule has 2 heterocycles. The van der Waals surface area contributed by atoms with Crippen LogP contribution in [0.15, 0.2) is 16.9 Å². The molecule has 0 spiro atoms. The summed E-state index contributed by atoms with van der Waals surface area (Å²) < 4.78 is 10.5. The molecule has 0 saturated carbocycles. The molecule has 1 aromatic carbocycles. The first-order valence-electron chi connectivity index (χ1n) is 8.82. The van der Waals surface area contributed by atoms with E-state index in [1.54, 1.807) is 6.07 Å². The second-order valence-electron chi connectivity index (χ2n) is 6.50. The lowest BCUT2D eigenvalue weighted by molar-refractivity contribution is 0.240. The Balaban J connectivity index is 1.80. The van der Waals surface area contributed by atoms with E-state index in [1.165, 1.54) is 14.2 Å². The highest BCUT2D eigenvalue weighted by Crippen LogP contribution is 2.37. The third-order valence-electron chi connectivity index (χ3n) is 4.61. The number of methoxy groups -OCH3 is 2. The van der Waals surface area contributed by atoms with Gasteiger partial charge in [0.05, 0.1) is 25.5 Å². The molecule has 0 fully saturated rings. The standard InChI is InChI=1S/C19H25N3O4/c1-4-5-17-20-14-6-7-22(11-13(14)19(24)21-17)10-12-8-15(23)18(26-3)16(9-12)25-2/h8-9,23H,4-7,10-11H2,1-3H3,(H,20,21,24). The van der Waals surface area contributed by atoms with Gasteiger partial charge in [-0.1, -0.05) is 6.92 Å². The van der Waals surface area contributed by atoms with E-state index >= 15 is 0 Å². The van der Waals surface area contributed by atoms with Gasteiger partial charge in [0.2, 0.25) is 5.75 Å². The zero-order chi connectivity index (χ0) is 18.7. The number of aryl methyl sites for hydroxylation is 1. The van der Waals surface area contributed by atoms with Crippen LogP contribution in [-0.4, -0.2) is 40.7 Å². The van der Waals surface area contributed by atoms with Crippen LogP contribution in [0.2, 0.25) is 0 Å². The highest BCUT2D eigenvalue weighted by atomic mass is 16.5. The molecule has 7 nitrogen and oxygen atoms in total. The van der Waals surface area contributed by atoms with Crippen molar-refractivity contribution in [1.29, 1.82) is 0 Å². The maximum Gasteiger partial charge on any atom is 0.255 e. The molecule has 140 valence electrons. The zero-order valence-electron chi connectivity index (χ0n) is 15.5. The summed E-state index contributed by atoms with van der Waals surface area (Å²) in [5.74, 6) is 1.63. The predicted molar refractivity (Wildman–Crippen MR) is 97.9 cm³/mol. The number of aromatic nitrogens is 2. The van der Waals surface area contributed by atoms with Crippen LogP contribution in [0.1, 0.15) is 36.0 Å². The van der Waals surface area contributed by atoms with E-state index in [0.29, 0.717) is 24.6 Å². The van der Waals surface area contributed by atoms with E-state index in [1.807, 2.05) is 6.07 Å². The summed E-state index contributed by atoms with van der Waals surface area (Å²) in [6.45, 7) is 4.02. The van der Waals surface area contributed by atoms with Crippen molar-refractivity contribution in [2.45, 2.75) is 39.3 Å². The van der Waals surface area contributed by atoms with Gasteiger partial charge >= 0.3 is 0 Å². The van der Waals surface area contributed by atoms with Crippen LogP contribution in [0.4, 0.5) is 0 Å². The number of aromatic hydroxyl groups is 1. The topological polar surface area (TPSA) is 87.7 Å². The fourth-order valence-electron chi connectivity index (χ4n) is 3.37. The molecule has 0 atom stereocenters. The summed E-state index contributed by atoms with van der Waals surface area (Å²) in [6, 6.07) is 3.52. The van der Waals surface area contributed by atoms with Gasteiger partial charge in [0.1, 0.15) is 5.82 Å². The maximum absolute atomic E-state index is 12.4. The summed E-state index contributed by atoms with van der Waals surface area (Å²) in [5, 5.41) is 10.1. The number of rotatable bonds is 6. The minimum Gasteiger partial charge on any atom is -0.504 e. The lowest BCUT2D eigenvalue weighted by Gasteiger charge is -2.28. The van der Waals surface area contributed by atoms with Crippen LogP contribution >= 0.6 is 0 Å². The van der Waals surface area contributed by atoms with E-state index in [2.05, 4.69) is 21.8 Å². The number of benzene rings is 1. The van der Waals surface area contributed by atoms with E-state index < -0.39 is 0 Å². The molecule has 2 aromatic rings. The Morgan fingerprint density at radius 1 is 1.31 bits per heavy atom. The molecule has 2 N–H and O–H groups in total. The van der Waals surface area contributed by atoms with Crippen molar-refractivity contribution in [3.8, 4) is 17.2 Å². The van der Waals surface area contributed by atoms with Gasteiger partial charge in [-0.05, 0) is 24.1 Å². The van der Waals surface area contributed by atoms with Crippen molar-refractivity contribution in [3.05, 3.63) is 45.1 Å². The van der Waals surface area contributed by atoms with E-state index in [4.69, 9.17) is 9.47 Å². The number of phenols is 1. The zero-order valence-corrected chi connectivity index (χ0v) is 15.5. The maximum atomic E-state index is 12.4. The van der Waals surface area contributed by atoms with Crippen LogP contribution in [-0.2, 0) is 25.9 Å². The van der Waals surface area contributed by atoms with E-state index in [0.717, 1.165) is 48.5 Å². The fourth-order valence-corrected chi connectivity index (χ4v) is 3.37. The molecule has 1 aromatic heterocycles. The molecule has 0 aliphatic carbocycles. The average molecular weight is 359 g/mol. The van der Waals surface area contributed by atoms with Crippen molar-refractivity contribution >= 4 is 0 Å². The summed E-state index contributed by atoms with van der Waals surface area (Å²) in [6.07, 6.45) is 2.49. The lowest BCUT2D eigenvalue weighted by Crippen LogP contribution is -2.35. The molecular weight excluding hydrogens is 334 g/mol. The molecule has 0 amide bonds. The normalized spacial score (nSPS) is 14.1. The second-order valence-corrected chi connectivity index (χ2v) is 6.50. The van der Waals surface area contributed by atoms with Crippen LogP contribution < -0.4 is 15.0 Å². The number of H-pyrrole nitrogens is 1. The summed E-state index contributed by atoms with van der Waals surface area (Å²) in [5.41, 5.74) is 2.50. The first-order valence-corrected chi connectivity index (χ1v) is 8.82. The van der Waals surface area contributed by atoms with Crippen LogP contribution in [0.3, 0.4) is 0 Å². The molecule has 1 aliphatic heterocycles. The number of hydrogen-bond acceptors (Lipinski definition) is 6. The molecule has 0 saturated heterocycles. The molecule has 0 radical (unpaired) electrons. The number of aromatic amines is 1. The predicted octanol–water partition coefficient (Wildman–Crippen LogP) is 2.00. The molecule has 0 unspecified atom stereocenters. The Hall–Kier alpha value is -2.54. The Morgan fingerprint density at radius 2 is 2.12 bits per heavy atom. The van der Waals surface area contributed by atoms with Gasteiger partial charge in [0.25, 0.3) is 5.56 Å². The number of ether oxygens (including phenoxy) is 2. The molecular formula is C19H25N3O4. The summed E-state index contributed by atoms with van der Waals surface area (Å²) in [7, 11) is 3.03. The van der Waals surface area contributed by atoms with Gasteiger partial charge in [-0.2, -0.15) is 0 Å². The molecule has 0 bridgehead atoms. The van der Waals surface area contributed by atoms with E-state index in [-0.39, 0.29) is 11.3 Å². The van der Waals surface area contributed by atoms with E-state index in [9.17, 15) is 9.90 Å². The van der Waals surface area contributed by atoms with Gasteiger partial charge in [-0.3, -0.25) is 9.69 Å². The van der Waals surface area contributed by atoms with Crippen molar-refractivity contribution < 1.29 is 14.6 Å². The molecule has 3 rings (SSSR count). The third kappa shape index (κ3) is 3.67. The largest absolute Gasteiger partial charge is 0.504 e. The number of phenolic OH excluding ortho intramolecular Hbond substituents is 1. The molecule has 26 heavy (non-hydrogen) atoms. The van der Waals surface area contributed by atoms with Crippen molar-refractivity contribution in [1.82, 2.24) is 14.9 Å². The first-order chi connectivity index (χ1) is 12.5. The quantitative estimate of drug-likeness (QED) is 0.820. The van der Waals surface area contributed by atoms with Crippen molar-refractivity contribution in [2.24, 2.45) is 0 Å². The first kappa shape index (κ1) is 18.3. The Kier molecular flexibility index (Phi) is 5.46. The number of hydrogen-bond donors (Lipinski definition) is 2. The second kappa shape index (κ2) is 7.78. The average Bonchev–Trinajstić information content (AvgIpc) is 2.62. The SMILES string of the molecule is CCCc1nc2c(c(=O)[nH]1)CN(Cc1cc(O)c(OC)c(OC)c1)CC2. The lowest BCUT2D eigenvalue weighted by atomic mass is 10.1. The highest BCUT2D eigenvalue weighted by Gasteiger charge is 2.22. The Bertz CT molecular complexity index is 847. The highest BCUT2D eigenvalue weighted by molar-refractivity contribution is 5.53. The monoisotopic (exact) mass is 359 g/mol. The number of nitrogens with zero attached hydrogens (tertiary/aromatic N) is 2. The minimum absolute atomic E-state index is 0.0432. The van der Waals surface area contributed by atoms with Crippen molar-refractivity contribution in [2.75, 3.05) is 20.8 Å². The van der Waals surface area contributed by atoms with Crippen LogP contribution in [0.25, 0.3) is 0 Å². The van der Waals surface area contributed by atoms with Gasteiger partial charge in [0, 0.05) is 32.5 Å². The van der Waals surface area contributed by atoms with Gasteiger partial charge in [0.15, 0.2) is 11.5 Å².